The van der Waals surface area contributed by atoms with Crippen LogP contribution in [0.4, 0.5) is 0 Å². The molecule has 0 unspecified atom stereocenters. The topological polar surface area (TPSA) is 32.3 Å². The van der Waals surface area contributed by atoms with Crippen molar-refractivity contribution in [1.82, 2.24) is 10.2 Å². The van der Waals surface area contributed by atoms with Crippen LogP contribution >= 0.6 is 25.9 Å². The lowest BCUT2D eigenvalue weighted by atomic mass is 9.93. The van der Waals surface area contributed by atoms with Crippen molar-refractivity contribution in [3.8, 4) is 0 Å². The average Bonchev–Trinajstić information content (AvgIpc) is 3.33. The van der Waals surface area contributed by atoms with Crippen molar-refractivity contribution >= 4 is 31.8 Å². The molecule has 0 radical (unpaired) electrons. The number of hydrogen-bond acceptors (Lipinski definition) is 2. The maximum atomic E-state index is 13.3. The first-order chi connectivity index (χ1) is 12.7. The van der Waals surface area contributed by atoms with Crippen LogP contribution in [-0.2, 0) is 10.2 Å². The van der Waals surface area contributed by atoms with Gasteiger partial charge in [-0.15, -0.1) is 12.4 Å². The van der Waals surface area contributed by atoms with Crippen LogP contribution in [0, 0.1) is 6.92 Å². The van der Waals surface area contributed by atoms with E-state index in [-0.39, 0.29) is 43.3 Å². The van der Waals surface area contributed by atoms with E-state index in [9.17, 15) is 4.79 Å². The lowest BCUT2D eigenvalue weighted by Crippen LogP contribution is -2.41. The third-order valence-corrected chi connectivity index (χ3v) is 5.90. The van der Waals surface area contributed by atoms with Gasteiger partial charge in [0, 0.05) is 6.54 Å². The van der Waals surface area contributed by atoms with Crippen LogP contribution in [0.3, 0.4) is 0 Å². The highest BCUT2D eigenvalue weighted by atomic mass is 35.5. The number of likely N-dealkylation sites (tertiary alicyclic amines) is 1. The smallest absolute Gasteiger partial charge is 0.231 e. The molecule has 3 nitrogen and oxygen atoms in total. The van der Waals surface area contributed by atoms with Crippen molar-refractivity contribution in [2.24, 2.45) is 0 Å². The van der Waals surface area contributed by atoms with Crippen LogP contribution in [0.25, 0.3) is 0 Å². The first-order valence-electron chi connectivity index (χ1n) is 9.83. The molecule has 2 aliphatic rings. The van der Waals surface area contributed by atoms with Gasteiger partial charge in [0.1, 0.15) is 0 Å². The second-order valence-corrected chi connectivity index (χ2v) is 7.90. The van der Waals surface area contributed by atoms with Crippen molar-refractivity contribution < 1.29 is 4.79 Å². The fraction of sp³-hybridized carbons (Fsp3) is 0.435. The van der Waals surface area contributed by atoms with Gasteiger partial charge >= 0.3 is 0 Å². The van der Waals surface area contributed by atoms with Crippen molar-refractivity contribution in [2.75, 3.05) is 19.6 Å². The van der Waals surface area contributed by atoms with E-state index in [4.69, 9.17) is 0 Å². The van der Waals surface area contributed by atoms with Crippen LogP contribution in [0.5, 0.6) is 0 Å². The number of hydrogen-bond donors (Lipinski definition) is 1. The Labute approximate surface area is 181 Å². The zero-order valence-corrected chi connectivity index (χ0v) is 18.3. The maximum absolute atomic E-state index is 13.3. The largest absolute Gasteiger partial charge is 0.347 e. The summed E-state index contributed by atoms with van der Waals surface area (Å²) in [6, 6.07) is 18.9. The molecule has 1 saturated carbocycles. The summed E-state index contributed by atoms with van der Waals surface area (Å²) in [6.07, 6.45) is 4.44. The third kappa shape index (κ3) is 4.91. The minimum Gasteiger partial charge on any atom is -0.347 e. The summed E-state index contributed by atoms with van der Waals surface area (Å²) in [7, 11) is 0. The molecular weight excluding hydrogens is 388 g/mol. The summed E-state index contributed by atoms with van der Waals surface area (Å²) < 4.78 is 0. The monoisotopic (exact) mass is 418 g/mol. The molecule has 1 saturated heterocycles. The predicted molar refractivity (Wildman–Crippen MR) is 123 cm³/mol. The predicted octanol–water partition coefficient (Wildman–Crippen LogP) is 4.51. The van der Waals surface area contributed by atoms with E-state index in [0.717, 1.165) is 32.5 Å². The van der Waals surface area contributed by atoms with Gasteiger partial charge in [-0.3, -0.25) is 4.79 Å². The lowest BCUT2D eigenvalue weighted by Gasteiger charge is -2.27. The second kappa shape index (κ2) is 9.82. The van der Waals surface area contributed by atoms with Crippen molar-refractivity contribution in [3.63, 3.8) is 0 Å². The Kier molecular flexibility index (Phi) is 7.99. The zero-order valence-electron chi connectivity index (χ0n) is 16.5. The summed E-state index contributed by atoms with van der Waals surface area (Å²) in [5.41, 5.74) is 3.28. The zero-order chi connectivity index (χ0) is 18.0. The molecule has 1 aliphatic carbocycles. The number of nitrogens with one attached hydrogen (secondary N) is 1. The maximum Gasteiger partial charge on any atom is 0.231 e. The number of amides is 1. The van der Waals surface area contributed by atoms with Gasteiger partial charge in [-0.1, -0.05) is 60.2 Å². The molecule has 2 fully saturated rings. The molecule has 1 aliphatic heterocycles. The molecule has 1 atom stereocenters. The van der Waals surface area contributed by atoms with Crippen LogP contribution in [0.1, 0.15) is 48.4 Å². The molecule has 0 bridgehead atoms. The van der Waals surface area contributed by atoms with Gasteiger partial charge in [0.2, 0.25) is 5.91 Å². The molecule has 0 spiro atoms. The third-order valence-electron chi connectivity index (χ3n) is 5.90. The Balaban J connectivity index is 0.00000140. The summed E-state index contributed by atoms with van der Waals surface area (Å²) in [4.78, 5) is 15.7. The van der Waals surface area contributed by atoms with E-state index >= 15 is 0 Å². The molecule has 2 aromatic carbocycles. The molecular formula is C23H31ClN2OS. The Morgan fingerprint density at radius 1 is 1.07 bits per heavy atom. The quantitative estimate of drug-likeness (QED) is 0.748. The van der Waals surface area contributed by atoms with Gasteiger partial charge in [-0.2, -0.15) is 13.5 Å². The number of aryl methyl sites for hydroxylation is 1. The molecule has 1 N–H and O–H groups in total. The van der Waals surface area contributed by atoms with E-state index in [1.54, 1.807) is 0 Å². The standard InChI is InChI=1S/C23H28N2O.ClH.H2S/c1-18-8-7-11-20(16-18)23(12-13-23)22(26)24-21(17-25-14-5-6-15-25)19-9-3-2-4-10-19;;/h2-4,7-11,16,21H,5-6,12-15,17H2,1H3,(H,24,26);1H;1H2/t21-;;/m1../s1. The number of nitrogens with zero attached hydrogens (tertiary/aromatic N) is 1. The Bertz CT molecular complexity index is 773. The van der Waals surface area contributed by atoms with Gasteiger partial charge in [0.05, 0.1) is 11.5 Å². The van der Waals surface area contributed by atoms with Crippen LogP contribution < -0.4 is 5.32 Å². The summed E-state index contributed by atoms with van der Waals surface area (Å²) in [5.74, 6) is 0.191. The molecule has 1 amide bonds. The summed E-state index contributed by atoms with van der Waals surface area (Å²) in [5, 5.41) is 3.40. The lowest BCUT2D eigenvalue weighted by molar-refractivity contribution is -0.124. The van der Waals surface area contributed by atoms with Crippen LogP contribution in [0.15, 0.2) is 54.6 Å². The minimum absolute atomic E-state index is 0. The van der Waals surface area contributed by atoms with Crippen molar-refractivity contribution in [1.29, 1.82) is 0 Å². The highest BCUT2D eigenvalue weighted by Gasteiger charge is 2.51. The molecule has 1 heterocycles. The Hall–Kier alpha value is -1.49. The average molecular weight is 419 g/mol. The fourth-order valence-corrected chi connectivity index (χ4v) is 4.15. The normalized spacial score (nSPS) is 18.5. The van der Waals surface area contributed by atoms with Crippen molar-refractivity contribution in [2.45, 2.75) is 44.1 Å². The number of carbonyl (C=O) groups excluding carboxylic acids is 1. The highest BCUT2D eigenvalue weighted by molar-refractivity contribution is 7.59. The van der Waals surface area contributed by atoms with Gasteiger partial charge in [-0.05, 0) is 56.8 Å². The number of halogens is 1. The minimum atomic E-state index is -0.315. The molecule has 152 valence electrons. The Morgan fingerprint density at radius 3 is 2.36 bits per heavy atom. The van der Waals surface area contributed by atoms with Gasteiger partial charge in [0.25, 0.3) is 0 Å². The van der Waals surface area contributed by atoms with E-state index in [1.807, 2.05) is 6.07 Å². The number of benzene rings is 2. The molecule has 5 heteroatoms. The van der Waals surface area contributed by atoms with Crippen LogP contribution in [-0.4, -0.2) is 30.4 Å². The summed E-state index contributed by atoms with van der Waals surface area (Å²) >= 11 is 0. The van der Waals surface area contributed by atoms with Gasteiger partial charge in [-0.25, -0.2) is 0 Å². The summed E-state index contributed by atoms with van der Waals surface area (Å²) in [6.45, 7) is 5.28. The van der Waals surface area contributed by atoms with Gasteiger partial charge < -0.3 is 10.2 Å². The van der Waals surface area contributed by atoms with Crippen molar-refractivity contribution in [3.05, 3.63) is 71.3 Å². The van der Waals surface area contributed by atoms with E-state index in [1.165, 1.54) is 29.5 Å². The molecule has 4 rings (SSSR count). The highest BCUT2D eigenvalue weighted by Crippen LogP contribution is 2.49. The van der Waals surface area contributed by atoms with Crippen LogP contribution in [0.2, 0.25) is 0 Å². The fourth-order valence-electron chi connectivity index (χ4n) is 4.15. The second-order valence-electron chi connectivity index (χ2n) is 7.90. The first kappa shape index (κ1) is 22.8. The number of carbonyl (C=O) groups is 1. The van der Waals surface area contributed by atoms with Gasteiger partial charge in [0.15, 0.2) is 0 Å². The van der Waals surface area contributed by atoms with E-state index in [2.05, 4.69) is 65.7 Å². The molecule has 0 aromatic heterocycles. The SMILES string of the molecule is Cc1cccc(C2(C(=O)N[C@H](CN3CCCC3)c3ccccc3)CC2)c1.Cl.S. The van der Waals surface area contributed by atoms with E-state index < -0.39 is 0 Å². The molecule has 28 heavy (non-hydrogen) atoms. The first-order valence-corrected chi connectivity index (χ1v) is 9.83. The molecule has 2 aromatic rings. The van der Waals surface area contributed by atoms with E-state index in [0.29, 0.717) is 0 Å². The number of rotatable bonds is 6. The Morgan fingerprint density at radius 2 is 1.75 bits per heavy atom.